The Balaban J connectivity index is 1.24. The van der Waals surface area contributed by atoms with E-state index in [2.05, 4.69) is 67.6 Å². The molecule has 322 valence electrons. The highest BCUT2D eigenvalue weighted by atomic mass is 28.4. The maximum Gasteiger partial charge on any atom is 0.262 e. The van der Waals surface area contributed by atoms with Gasteiger partial charge in [-0.1, -0.05) is 126 Å². The molecule has 0 unspecified atom stereocenters. The molecule has 5 rings (SSSR count). The van der Waals surface area contributed by atoms with Crippen LogP contribution in [0.2, 0.25) is 5.04 Å². The number of ketones is 1. The molecule has 2 aliphatic heterocycles. The number of nitrogens with one attached hydrogen (secondary N) is 3. The van der Waals surface area contributed by atoms with Gasteiger partial charge in [0.25, 0.3) is 8.32 Å². The Kier molecular flexibility index (Phi) is 15.7. The maximum atomic E-state index is 14.2. The Morgan fingerprint density at radius 3 is 2.12 bits per heavy atom. The second-order valence-electron chi connectivity index (χ2n) is 17.4. The van der Waals surface area contributed by atoms with Gasteiger partial charge in [0.15, 0.2) is 5.78 Å². The Labute approximate surface area is 357 Å². The standard InChI is InChI=1S/C48H64N4O7Si/c1-8-32-58-36-29-27-35(28-30-36)33-40-45(56)52-31-19-25-41(52)44(55)49-39(43(54)51-48(7,9-2)46(57)50-40)24-17-12-18-26-42(53)34(3)59-60(47(4,5)6,37-20-13-10-14-21-37)38-22-15-11-16-23-38/h8,10-11,13-16,20-23,27-30,34,39-41H,1,9,12,17-19,24-26,31-33H2,2-7H3,(H,49,55)(H,50,57)(H,51,54)/t34-,39-,40-,41+,48-/m0/s1. The molecule has 2 heterocycles. The maximum absolute atomic E-state index is 14.2. The summed E-state index contributed by atoms with van der Waals surface area (Å²) in [4.78, 5) is 71.3. The van der Waals surface area contributed by atoms with Crippen molar-refractivity contribution in [3.8, 4) is 5.75 Å². The molecule has 5 atom stereocenters. The van der Waals surface area contributed by atoms with Gasteiger partial charge in [0.05, 0.1) is 0 Å². The zero-order valence-corrected chi connectivity index (χ0v) is 37.3. The molecule has 3 aromatic carbocycles. The quantitative estimate of drug-likeness (QED) is 0.0922. The van der Waals surface area contributed by atoms with Crippen molar-refractivity contribution < 1.29 is 33.1 Å². The second-order valence-corrected chi connectivity index (χ2v) is 21.6. The van der Waals surface area contributed by atoms with Gasteiger partial charge in [-0.2, -0.15) is 0 Å². The number of carbonyl (C=O) groups excluding carboxylic acids is 5. The van der Waals surface area contributed by atoms with E-state index in [4.69, 9.17) is 9.16 Å². The first kappa shape index (κ1) is 46.0. The summed E-state index contributed by atoms with van der Waals surface area (Å²) in [5.74, 6) is -1.000. The van der Waals surface area contributed by atoms with Crippen LogP contribution in [0.25, 0.3) is 0 Å². The van der Waals surface area contributed by atoms with Crippen LogP contribution in [0.4, 0.5) is 0 Å². The molecule has 3 N–H and O–H groups in total. The summed E-state index contributed by atoms with van der Waals surface area (Å²) in [6, 6.07) is 25.1. The van der Waals surface area contributed by atoms with Crippen LogP contribution < -0.4 is 31.1 Å². The number of fused-ring (bicyclic) bond motifs is 1. The Morgan fingerprint density at radius 2 is 1.53 bits per heavy atom. The first-order chi connectivity index (χ1) is 28.6. The molecule has 60 heavy (non-hydrogen) atoms. The van der Waals surface area contributed by atoms with E-state index in [0.29, 0.717) is 63.8 Å². The summed E-state index contributed by atoms with van der Waals surface area (Å²) >= 11 is 0. The van der Waals surface area contributed by atoms with E-state index in [0.717, 1.165) is 15.9 Å². The third-order valence-corrected chi connectivity index (χ3v) is 17.2. The molecule has 0 bridgehead atoms. The average molecular weight is 837 g/mol. The van der Waals surface area contributed by atoms with Crippen LogP contribution >= 0.6 is 0 Å². The normalized spacial score (nSPS) is 22.0. The fourth-order valence-corrected chi connectivity index (χ4v) is 13.1. The van der Waals surface area contributed by atoms with E-state index in [1.807, 2.05) is 55.5 Å². The largest absolute Gasteiger partial charge is 0.490 e. The lowest BCUT2D eigenvalue weighted by Gasteiger charge is -2.44. The molecule has 0 saturated carbocycles. The lowest BCUT2D eigenvalue weighted by molar-refractivity contribution is -0.144. The summed E-state index contributed by atoms with van der Waals surface area (Å²) in [6.07, 6.45) is 4.93. The van der Waals surface area contributed by atoms with Crippen LogP contribution in [0, 0.1) is 0 Å². The van der Waals surface area contributed by atoms with E-state index in [1.54, 1.807) is 37.0 Å². The summed E-state index contributed by atoms with van der Waals surface area (Å²) in [5.41, 5.74) is -0.546. The number of amides is 4. The van der Waals surface area contributed by atoms with Crippen LogP contribution in [0.1, 0.15) is 98.5 Å². The topological polar surface area (TPSA) is 143 Å². The summed E-state index contributed by atoms with van der Waals surface area (Å²) in [5, 5.41) is 10.8. The van der Waals surface area contributed by atoms with Gasteiger partial charge in [-0.05, 0) is 79.1 Å². The Morgan fingerprint density at radius 1 is 0.900 bits per heavy atom. The predicted octanol–water partition coefficient (Wildman–Crippen LogP) is 5.54. The molecule has 2 aliphatic rings. The van der Waals surface area contributed by atoms with Gasteiger partial charge in [0, 0.05) is 19.4 Å². The second kappa shape index (κ2) is 20.5. The molecule has 2 fully saturated rings. The fourth-order valence-electron chi connectivity index (χ4n) is 8.38. The highest BCUT2D eigenvalue weighted by Gasteiger charge is 2.51. The molecule has 0 radical (unpaired) electrons. The van der Waals surface area contributed by atoms with Crippen LogP contribution in [0.5, 0.6) is 5.75 Å². The summed E-state index contributed by atoms with van der Waals surface area (Å²) in [6.45, 7) is 16.2. The monoisotopic (exact) mass is 836 g/mol. The lowest BCUT2D eigenvalue weighted by Crippen LogP contribution is -2.68. The van der Waals surface area contributed by atoms with E-state index in [9.17, 15) is 24.0 Å². The van der Waals surface area contributed by atoms with Gasteiger partial charge < -0.3 is 30.0 Å². The molecular formula is C48H64N4O7Si. The first-order valence-corrected chi connectivity index (χ1v) is 23.4. The van der Waals surface area contributed by atoms with Gasteiger partial charge in [0.2, 0.25) is 23.6 Å². The zero-order chi connectivity index (χ0) is 43.5. The minimum absolute atomic E-state index is 0.0172. The molecule has 0 aliphatic carbocycles. The molecule has 4 amide bonds. The molecule has 12 heteroatoms. The average Bonchev–Trinajstić information content (AvgIpc) is 3.74. The molecular weight excluding hydrogens is 773 g/mol. The van der Waals surface area contributed by atoms with Crippen LogP contribution in [-0.2, 0) is 34.8 Å². The SMILES string of the molecule is C=CCOc1ccc(C[C@@H]2NC(=O)[C@](C)(CC)NC(=O)[C@H](CCCCCC(=O)[C@H](C)O[Si](c3ccccc3)(c3ccccc3)C(C)(C)C)NC(=O)[C@H]3CCCN3C2=O)cc1. The molecule has 0 aromatic heterocycles. The van der Waals surface area contributed by atoms with Gasteiger partial charge in [-0.25, -0.2) is 0 Å². The van der Waals surface area contributed by atoms with Crippen molar-refractivity contribution in [2.75, 3.05) is 13.2 Å². The van der Waals surface area contributed by atoms with Crippen molar-refractivity contribution >= 4 is 48.1 Å². The van der Waals surface area contributed by atoms with Crippen molar-refractivity contribution in [1.29, 1.82) is 0 Å². The minimum atomic E-state index is -2.92. The highest BCUT2D eigenvalue weighted by molar-refractivity contribution is 6.99. The van der Waals surface area contributed by atoms with E-state index in [-0.39, 0.29) is 29.6 Å². The number of unbranched alkanes of at least 4 members (excludes halogenated alkanes) is 2. The van der Waals surface area contributed by atoms with Gasteiger partial charge in [-0.15, -0.1) is 0 Å². The van der Waals surface area contributed by atoms with Crippen molar-refractivity contribution in [3.05, 3.63) is 103 Å². The fraction of sp³-hybridized carbons (Fsp3) is 0.479. The van der Waals surface area contributed by atoms with Gasteiger partial charge >= 0.3 is 0 Å². The van der Waals surface area contributed by atoms with Crippen molar-refractivity contribution in [1.82, 2.24) is 20.9 Å². The number of ether oxygens (including phenoxy) is 1. The number of Topliss-reactive ketones (excluding diaryl/α,β-unsaturated/α-hetero) is 1. The van der Waals surface area contributed by atoms with E-state index >= 15 is 0 Å². The number of nitrogens with zero attached hydrogens (tertiary/aromatic N) is 1. The van der Waals surface area contributed by atoms with Crippen molar-refractivity contribution in [2.45, 2.75) is 134 Å². The van der Waals surface area contributed by atoms with Crippen LogP contribution in [0.15, 0.2) is 97.6 Å². The Bertz CT molecular complexity index is 1910. The lowest BCUT2D eigenvalue weighted by atomic mass is 9.94. The summed E-state index contributed by atoms with van der Waals surface area (Å²) < 4.78 is 12.6. The predicted molar refractivity (Wildman–Crippen MR) is 238 cm³/mol. The van der Waals surface area contributed by atoms with E-state index < -0.39 is 55.8 Å². The minimum Gasteiger partial charge on any atom is -0.490 e. The number of hydrogen-bond donors (Lipinski definition) is 3. The third-order valence-electron chi connectivity index (χ3n) is 12.1. The molecule has 0 spiro atoms. The summed E-state index contributed by atoms with van der Waals surface area (Å²) in [7, 11) is -2.92. The molecule has 2 saturated heterocycles. The Hall–Kier alpha value is -5.07. The number of carbonyl (C=O) groups is 5. The highest BCUT2D eigenvalue weighted by Crippen LogP contribution is 2.38. The van der Waals surface area contributed by atoms with Gasteiger partial charge in [-0.3, -0.25) is 24.0 Å². The van der Waals surface area contributed by atoms with Crippen molar-refractivity contribution in [2.24, 2.45) is 0 Å². The van der Waals surface area contributed by atoms with Crippen molar-refractivity contribution in [3.63, 3.8) is 0 Å². The van der Waals surface area contributed by atoms with Crippen LogP contribution in [-0.4, -0.2) is 85.5 Å². The third kappa shape index (κ3) is 10.8. The van der Waals surface area contributed by atoms with Crippen LogP contribution in [0.3, 0.4) is 0 Å². The first-order valence-electron chi connectivity index (χ1n) is 21.5. The number of benzene rings is 3. The molecule has 3 aromatic rings. The smallest absolute Gasteiger partial charge is 0.262 e. The number of rotatable bonds is 17. The van der Waals surface area contributed by atoms with E-state index in [1.165, 1.54) is 0 Å². The number of hydrogen-bond acceptors (Lipinski definition) is 7. The molecule has 11 nitrogen and oxygen atoms in total. The zero-order valence-electron chi connectivity index (χ0n) is 36.3. The van der Waals surface area contributed by atoms with Gasteiger partial charge in [0.1, 0.15) is 42.1 Å².